The van der Waals surface area contributed by atoms with E-state index in [1.807, 2.05) is 0 Å². The highest BCUT2D eigenvalue weighted by molar-refractivity contribution is 7.88. The molecule has 4 nitrogen and oxygen atoms in total. The first kappa shape index (κ1) is 16.5. The molecule has 0 spiro atoms. The van der Waals surface area contributed by atoms with Gasteiger partial charge in [-0.2, -0.15) is 4.31 Å². The summed E-state index contributed by atoms with van der Waals surface area (Å²) in [6.07, 6.45) is 4.07. The van der Waals surface area contributed by atoms with Gasteiger partial charge in [-0.25, -0.2) is 17.2 Å². The minimum atomic E-state index is -3.59. The zero-order chi connectivity index (χ0) is 16.3. The van der Waals surface area contributed by atoms with Gasteiger partial charge in [-0.05, 0) is 17.7 Å². The molecule has 2 rings (SSSR count). The largest absolute Gasteiger partial charge is 0.264 e. The van der Waals surface area contributed by atoms with Gasteiger partial charge in [-0.1, -0.05) is 19.1 Å². The first-order valence-corrected chi connectivity index (χ1v) is 8.51. The molecule has 22 heavy (non-hydrogen) atoms. The molecule has 7 heteroatoms. The summed E-state index contributed by atoms with van der Waals surface area (Å²) >= 11 is 0. The fourth-order valence-corrected chi connectivity index (χ4v) is 3.46. The highest BCUT2D eigenvalue weighted by Gasteiger charge is 2.30. The molecule has 0 bridgehead atoms. The maximum absolute atomic E-state index is 14.2. The fourth-order valence-electron chi connectivity index (χ4n) is 2.37. The maximum Gasteiger partial charge on any atom is 0.212 e. The van der Waals surface area contributed by atoms with Gasteiger partial charge in [0.25, 0.3) is 0 Å². The molecule has 118 valence electrons. The van der Waals surface area contributed by atoms with E-state index in [0.29, 0.717) is 5.56 Å². The molecule has 2 aromatic rings. The van der Waals surface area contributed by atoms with E-state index in [-0.39, 0.29) is 12.1 Å². The van der Waals surface area contributed by atoms with E-state index < -0.39 is 27.7 Å². The lowest BCUT2D eigenvalue weighted by Gasteiger charge is -2.29. The highest BCUT2D eigenvalue weighted by Crippen LogP contribution is 2.31. The Hall–Kier alpha value is -1.86. The van der Waals surface area contributed by atoms with Gasteiger partial charge < -0.3 is 0 Å². The van der Waals surface area contributed by atoms with Crippen LogP contribution in [-0.2, 0) is 10.0 Å². The van der Waals surface area contributed by atoms with Crippen molar-refractivity contribution in [2.75, 3.05) is 12.8 Å². The zero-order valence-electron chi connectivity index (χ0n) is 12.2. The van der Waals surface area contributed by atoms with E-state index in [0.717, 1.165) is 22.7 Å². The number of pyridine rings is 1. The van der Waals surface area contributed by atoms with E-state index in [9.17, 15) is 17.2 Å². The Morgan fingerprint density at radius 3 is 2.50 bits per heavy atom. The van der Waals surface area contributed by atoms with Crippen LogP contribution in [0.25, 0.3) is 0 Å². The Bertz CT molecular complexity index is 751. The number of rotatable bonds is 5. The van der Waals surface area contributed by atoms with Gasteiger partial charge in [0.05, 0.1) is 12.3 Å². The zero-order valence-corrected chi connectivity index (χ0v) is 13.0. The molecule has 1 heterocycles. The summed E-state index contributed by atoms with van der Waals surface area (Å²) in [6, 6.07) is 5.52. The molecule has 1 aromatic carbocycles. The minimum Gasteiger partial charge on any atom is -0.264 e. The monoisotopic (exact) mass is 326 g/mol. The molecular formula is C15H16F2N2O2S. The van der Waals surface area contributed by atoms with Crippen LogP contribution in [0.5, 0.6) is 0 Å². The topological polar surface area (TPSA) is 50.3 Å². The first-order valence-electron chi connectivity index (χ1n) is 6.66. The Labute approximate surface area is 128 Å². The lowest BCUT2D eigenvalue weighted by Crippen LogP contribution is -2.35. The second-order valence-electron chi connectivity index (χ2n) is 4.82. The van der Waals surface area contributed by atoms with E-state index in [1.54, 1.807) is 19.1 Å². The standard InChI is InChI=1S/C15H16F2N2O2S/c1-3-19(22(2,20)21)15(11-5-4-8-18-10-11)13-7-6-12(16)9-14(13)17/h4-10,15H,3H2,1-2H3/t15-/m0/s1. The lowest BCUT2D eigenvalue weighted by molar-refractivity contribution is 0.369. The summed E-state index contributed by atoms with van der Waals surface area (Å²) in [5.74, 6) is -1.51. The van der Waals surface area contributed by atoms with Crippen molar-refractivity contribution in [2.24, 2.45) is 0 Å². The Morgan fingerprint density at radius 1 is 1.27 bits per heavy atom. The summed E-state index contributed by atoms with van der Waals surface area (Å²) in [7, 11) is -3.59. The summed E-state index contributed by atoms with van der Waals surface area (Å²) in [5, 5.41) is 0. The molecule has 1 atom stereocenters. The number of hydrogen-bond acceptors (Lipinski definition) is 3. The average molecular weight is 326 g/mol. The van der Waals surface area contributed by atoms with Crippen molar-refractivity contribution in [1.29, 1.82) is 0 Å². The molecule has 0 radical (unpaired) electrons. The average Bonchev–Trinajstić information content (AvgIpc) is 2.45. The van der Waals surface area contributed by atoms with Gasteiger partial charge in [-0.15, -0.1) is 0 Å². The number of benzene rings is 1. The van der Waals surface area contributed by atoms with Gasteiger partial charge in [0.15, 0.2) is 0 Å². The number of sulfonamides is 1. The highest BCUT2D eigenvalue weighted by atomic mass is 32.2. The molecule has 1 aromatic heterocycles. The molecule has 0 saturated carbocycles. The third kappa shape index (κ3) is 3.48. The number of halogens is 2. The van der Waals surface area contributed by atoms with Crippen LogP contribution in [0.2, 0.25) is 0 Å². The van der Waals surface area contributed by atoms with Crippen molar-refractivity contribution < 1.29 is 17.2 Å². The van der Waals surface area contributed by atoms with Gasteiger partial charge in [0.2, 0.25) is 10.0 Å². The summed E-state index contributed by atoms with van der Waals surface area (Å²) in [6.45, 7) is 1.81. The Balaban J connectivity index is 2.65. The van der Waals surface area contributed by atoms with Crippen LogP contribution in [0.1, 0.15) is 24.1 Å². The van der Waals surface area contributed by atoms with Crippen LogP contribution in [0.3, 0.4) is 0 Å². The molecule has 0 fully saturated rings. The molecule has 0 N–H and O–H groups in total. The molecule has 0 amide bonds. The quantitative estimate of drug-likeness (QED) is 0.849. The molecule has 0 aliphatic heterocycles. The number of hydrogen-bond donors (Lipinski definition) is 0. The van der Waals surface area contributed by atoms with Gasteiger partial charge in [0, 0.05) is 30.6 Å². The van der Waals surface area contributed by atoms with E-state index in [4.69, 9.17) is 0 Å². The second-order valence-corrected chi connectivity index (χ2v) is 6.76. The third-order valence-electron chi connectivity index (χ3n) is 3.28. The van der Waals surface area contributed by atoms with Crippen molar-refractivity contribution >= 4 is 10.0 Å². The van der Waals surface area contributed by atoms with Crippen molar-refractivity contribution in [3.8, 4) is 0 Å². The van der Waals surface area contributed by atoms with E-state index in [2.05, 4.69) is 4.98 Å². The van der Waals surface area contributed by atoms with Crippen LogP contribution in [0, 0.1) is 11.6 Å². The molecule has 0 aliphatic rings. The first-order chi connectivity index (χ1) is 10.3. The second kappa shape index (κ2) is 6.50. The number of aromatic nitrogens is 1. The van der Waals surface area contributed by atoms with Crippen LogP contribution in [-0.4, -0.2) is 30.5 Å². The van der Waals surface area contributed by atoms with E-state index in [1.165, 1.54) is 18.5 Å². The van der Waals surface area contributed by atoms with Gasteiger partial charge in [0.1, 0.15) is 11.6 Å². The molecule has 0 saturated heterocycles. The maximum atomic E-state index is 14.2. The van der Waals surface area contributed by atoms with E-state index >= 15 is 0 Å². The summed E-state index contributed by atoms with van der Waals surface area (Å²) in [5.41, 5.74) is 0.599. The van der Waals surface area contributed by atoms with Crippen molar-refractivity contribution in [1.82, 2.24) is 9.29 Å². The molecule has 0 unspecified atom stereocenters. The van der Waals surface area contributed by atoms with Crippen LogP contribution in [0.15, 0.2) is 42.7 Å². The van der Waals surface area contributed by atoms with Crippen LogP contribution >= 0.6 is 0 Å². The Morgan fingerprint density at radius 2 is 2.00 bits per heavy atom. The molecule has 0 aliphatic carbocycles. The van der Waals surface area contributed by atoms with Crippen LogP contribution < -0.4 is 0 Å². The SMILES string of the molecule is CCN([C@@H](c1cccnc1)c1ccc(F)cc1F)S(C)(=O)=O. The van der Waals surface area contributed by atoms with Crippen LogP contribution in [0.4, 0.5) is 8.78 Å². The lowest BCUT2D eigenvalue weighted by atomic mass is 9.99. The minimum absolute atomic E-state index is 0.0849. The smallest absolute Gasteiger partial charge is 0.212 e. The number of nitrogens with zero attached hydrogens (tertiary/aromatic N) is 2. The fraction of sp³-hybridized carbons (Fsp3) is 0.267. The van der Waals surface area contributed by atoms with Crippen molar-refractivity contribution in [2.45, 2.75) is 13.0 Å². The van der Waals surface area contributed by atoms with Crippen molar-refractivity contribution in [3.63, 3.8) is 0 Å². The summed E-state index contributed by atoms with van der Waals surface area (Å²) < 4.78 is 52.6. The molecular weight excluding hydrogens is 310 g/mol. The predicted molar refractivity (Wildman–Crippen MR) is 79.7 cm³/mol. The summed E-state index contributed by atoms with van der Waals surface area (Å²) in [4.78, 5) is 3.96. The van der Waals surface area contributed by atoms with Crippen molar-refractivity contribution in [3.05, 3.63) is 65.5 Å². The Kier molecular flexibility index (Phi) is 4.87. The van der Waals surface area contributed by atoms with Gasteiger partial charge >= 0.3 is 0 Å². The predicted octanol–water partition coefficient (Wildman–Crippen LogP) is 2.73. The third-order valence-corrected chi connectivity index (χ3v) is 4.60. The normalized spacial score (nSPS) is 13.3. The van der Waals surface area contributed by atoms with Gasteiger partial charge in [-0.3, -0.25) is 4.98 Å².